The molecule has 0 radical (unpaired) electrons. The highest BCUT2D eigenvalue weighted by atomic mass is 79.9. The molecule has 19 heavy (non-hydrogen) atoms. The van der Waals surface area contributed by atoms with Crippen LogP contribution in [0.4, 0.5) is 5.82 Å². The Hall–Kier alpha value is -0.700. The Morgan fingerprint density at radius 2 is 1.95 bits per heavy atom. The molecule has 106 valence electrons. The summed E-state index contributed by atoms with van der Waals surface area (Å²) >= 11 is 3.27. The van der Waals surface area contributed by atoms with Gasteiger partial charge in [0, 0.05) is 43.9 Å². The minimum Gasteiger partial charge on any atom is -0.372 e. The summed E-state index contributed by atoms with van der Waals surface area (Å²) < 4.78 is 27.4. The van der Waals surface area contributed by atoms with Crippen LogP contribution in [0.5, 0.6) is 0 Å². The second-order valence-corrected chi connectivity index (χ2v) is 7.28. The van der Waals surface area contributed by atoms with Gasteiger partial charge in [-0.2, -0.15) is 4.31 Å². The first-order valence-corrected chi connectivity index (χ1v) is 8.20. The third-order valence-electron chi connectivity index (χ3n) is 3.14. The molecule has 0 unspecified atom stereocenters. The summed E-state index contributed by atoms with van der Waals surface area (Å²) in [6.45, 7) is 2.51. The molecule has 1 aliphatic rings. The predicted molar refractivity (Wildman–Crippen MR) is 77.7 cm³/mol. The second-order valence-electron chi connectivity index (χ2n) is 4.46. The van der Waals surface area contributed by atoms with Crippen molar-refractivity contribution in [2.75, 3.05) is 45.6 Å². The van der Waals surface area contributed by atoms with E-state index in [0.717, 1.165) is 13.1 Å². The van der Waals surface area contributed by atoms with Gasteiger partial charge in [-0.3, -0.25) is 0 Å². The number of halogens is 1. The van der Waals surface area contributed by atoms with Gasteiger partial charge in [0.25, 0.3) is 0 Å². The molecule has 2 heterocycles. The number of anilines is 1. The largest absolute Gasteiger partial charge is 0.372 e. The minimum atomic E-state index is -3.50. The molecule has 0 bridgehead atoms. The van der Waals surface area contributed by atoms with Gasteiger partial charge in [-0.1, -0.05) is 0 Å². The Kier molecular flexibility index (Phi) is 4.44. The number of aromatic nitrogens is 1. The van der Waals surface area contributed by atoms with E-state index >= 15 is 0 Å². The zero-order chi connectivity index (χ0) is 14.0. The van der Waals surface area contributed by atoms with E-state index in [1.807, 2.05) is 7.05 Å². The van der Waals surface area contributed by atoms with Crippen molar-refractivity contribution in [2.24, 2.45) is 0 Å². The van der Waals surface area contributed by atoms with Crippen LogP contribution >= 0.6 is 15.9 Å². The molecule has 0 spiro atoms. The van der Waals surface area contributed by atoms with E-state index in [1.54, 1.807) is 19.3 Å². The van der Waals surface area contributed by atoms with Crippen LogP contribution in [0.3, 0.4) is 0 Å². The number of likely N-dealkylation sites (N-methyl/N-ethyl adjacent to an activating group) is 1. The summed E-state index contributed by atoms with van der Waals surface area (Å²) in [5.74, 6) is 0.377. The van der Waals surface area contributed by atoms with Crippen molar-refractivity contribution in [3.8, 4) is 0 Å². The van der Waals surface area contributed by atoms with Crippen molar-refractivity contribution >= 4 is 31.8 Å². The van der Waals surface area contributed by atoms with E-state index in [-0.39, 0.29) is 4.90 Å². The maximum absolute atomic E-state index is 12.6. The van der Waals surface area contributed by atoms with Crippen LogP contribution in [0, 0.1) is 0 Å². The number of hydrogen-bond donors (Lipinski definition) is 1. The molecule has 0 saturated carbocycles. The van der Waals surface area contributed by atoms with Crippen molar-refractivity contribution in [2.45, 2.75) is 4.90 Å². The zero-order valence-corrected chi connectivity index (χ0v) is 13.3. The summed E-state index contributed by atoms with van der Waals surface area (Å²) in [5.41, 5.74) is 0. The third-order valence-corrected chi connectivity index (χ3v) is 5.48. The summed E-state index contributed by atoms with van der Waals surface area (Å²) in [6, 6.07) is 1.59. The number of rotatable bonds is 3. The van der Waals surface area contributed by atoms with Crippen LogP contribution in [0.1, 0.15) is 0 Å². The molecule has 1 saturated heterocycles. The number of sulfonamides is 1. The van der Waals surface area contributed by atoms with Gasteiger partial charge in [0.15, 0.2) is 0 Å². The average Bonchev–Trinajstić information content (AvgIpc) is 2.39. The van der Waals surface area contributed by atoms with E-state index < -0.39 is 10.0 Å². The van der Waals surface area contributed by atoms with Gasteiger partial charge >= 0.3 is 0 Å². The summed E-state index contributed by atoms with van der Waals surface area (Å²) in [4.78, 5) is 6.43. The normalized spacial score (nSPS) is 18.5. The lowest BCUT2D eigenvalue weighted by atomic mass is 10.4. The molecular formula is C11H17BrN4O2S. The molecular weight excluding hydrogens is 332 g/mol. The Balaban J connectivity index is 2.36. The van der Waals surface area contributed by atoms with Crippen LogP contribution in [-0.2, 0) is 10.0 Å². The molecule has 1 aromatic rings. The van der Waals surface area contributed by atoms with Crippen molar-refractivity contribution in [3.05, 3.63) is 16.7 Å². The zero-order valence-electron chi connectivity index (χ0n) is 10.9. The lowest BCUT2D eigenvalue weighted by molar-refractivity contribution is 0.222. The fourth-order valence-corrected chi connectivity index (χ4v) is 4.05. The molecule has 0 aliphatic carbocycles. The quantitative estimate of drug-likeness (QED) is 0.875. The Morgan fingerprint density at radius 3 is 2.53 bits per heavy atom. The van der Waals surface area contributed by atoms with E-state index in [4.69, 9.17) is 0 Å². The van der Waals surface area contributed by atoms with Gasteiger partial charge in [0.2, 0.25) is 10.0 Å². The van der Waals surface area contributed by atoms with Crippen LogP contribution in [0.15, 0.2) is 21.6 Å². The number of nitrogens with one attached hydrogen (secondary N) is 1. The van der Waals surface area contributed by atoms with Gasteiger partial charge in [0.1, 0.15) is 10.7 Å². The Bertz CT molecular complexity index is 556. The Labute approximate surface area is 122 Å². The summed E-state index contributed by atoms with van der Waals surface area (Å²) in [6.07, 6.45) is 1.58. The monoisotopic (exact) mass is 348 g/mol. The molecule has 0 atom stereocenters. The van der Waals surface area contributed by atoms with Crippen LogP contribution in [0.2, 0.25) is 0 Å². The van der Waals surface area contributed by atoms with Crippen LogP contribution in [-0.4, -0.2) is 62.9 Å². The highest BCUT2D eigenvalue weighted by molar-refractivity contribution is 9.10. The van der Waals surface area contributed by atoms with Gasteiger partial charge in [-0.25, -0.2) is 13.4 Å². The van der Waals surface area contributed by atoms with E-state index in [0.29, 0.717) is 23.4 Å². The number of hydrogen-bond acceptors (Lipinski definition) is 5. The number of nitrogens with zero attached hydrogens (tertiary/aromatic N) is 3. The first-order chi connectivity index (χ1) is 8.95. The highest BCUT2D eigenvalue weighted by Gasteiger charge is 2.30. The maximum Gasteiger partial charge on any atom is 0.246 e. The summed E-state index contributed by atoms with van der Waals surface area (Å²) in [7, 11) is 0.157. The minimum absolute atomic E-state index is 0.217. The lowest BCUT2D eigenvalue weighted by Gasteiger charge is -2.31. The first-order valence-electron chi connectivity index (χ1n) is 5.97. The Morgan fingerprint density at radius 1 is 1.32 bits per heavy atom. The lowest BCUT2D eigenvalue weighted by Crippen LogP contribution is -2.47. The average molecular weight is 349 g/mol. The van der Waals surface area contributed by atoms with E-state index in [9.17, 15) is 8.42 Å². The van der Waals surface area contributed by atoms with Gasteiger partial charge in [-0.15, -0.1) is 0 Å². The maximum atomic E-state index is 12.6. The van der Waals surface area contributed by atoms with E-state index in [1.165, 1.54) is 4.31 Å². The molecule has 0 aromatic carbocycles. The van der Waals surface area contributed by atoms with Gasteiger partial charge in [0.05, 0.1) is 0 Å². The molecule has 6 nitrogen and oxygen atoms in total. The molecule has 1 fully saturated rings. The SMILES string of the molecule is CNc1ncc(Br)cc1S(=O)(=O)N1CCN(C)CC1. The molecule has 1 aromatic heterocycles. The first kappa shape index (κ1) is 14.7. The fourth-order valence-electron chi connectivity index (χ4n) is 1.97. The number of pyridine rings is 1. The van der Waals surface area contributed by atoms with Gasteiger partial charge in [-0.05, 0) is 29.0 Å². The molecule has 8 heteroatoms. The standard InChI is InChI=1S/C11H17BrN4O2S/c1-13-11-10(7-9(12)8-14-11)19(17,18)16-5-3-15(2)4-6-16/h7-8H,3-6H2,1-2H3,(H,13,14). The summed E-state index contributed by atoms with van der Waals surface area (Å²) in [5, 5.41) is 2.83. The highest BCUT2D eigenvalue weighted by Crippen LogP contribution is 2.26. The number of piperazine rings is 1. The van der Waals surface area contributed by atoms with Gasteiger partial charge < -0.3 is 10.2 Å². The fraction of sp³-hybridized carbons (Fsp3) is 0.545. The third kappa shape index (κ3) is 3.07. The molecule has 1 aliphatic heterocycles. The van der Waals surface area contributed by atoms with Crippen LogP contribution in [0.25, 0.3) is 0 Å². The van der Waals surface area contributed by atoms with E-state index in [2.05, 4.69) is 31.1 Å². The molecule has 2 rings (SSSR count). The van der Waals surface area contributed by atoms with Crippen molar-refractivity contribution in [1.29, 1.82) is 0 Å². The molecule has 0 amide bonds. The van der Waals surface area contributed by atoms with Crippen molar-refractivity contribution in [1.82, 2.24) is 14.2 Å². The molecule has 1 N–H and O–H groups in total. The topological polar surface area (TPSA) is 65.5 Å². The smallest absolute Gasteiger partial charge is 0.246 e. The van der Waals surface area contributed by atoms with Crippen molar-refractivity contribution < 1.29 is 8.42 Å². The predicted octanol–water partition coefficient (Wildman–Crippen LogP) is 0.822. The van der Waals surface area contributed by atoms with Crippen LogP contribution < -0.4 is 5.32 Å². The second kappa shape index (κ2) is 5.74. The van der Waals surface area contributed by atoms with Crippen molar-refractivity contribution in [3.63, 3.8) is 0 Å².